The lowest BCUT2D eigenvalue weighted by Crippen LogP contribution is -1.92. The van der Waals surface area contributed by atoms with Gasteiger partial charge >= 0.3 is 0 Å². The molecular formula is C134H86. The fraction of sp³-hybridized carbons (Fsp3) is 0. The van der Waals surface area contributed by atoms with Crippen molar-refractivity contribution in [3.63, 3.8) is 0 Å². The monoisotopic (exact) mass is 1690 g/mol. The van der Waals surface area contributed by atoms with E-state index in [9.17, 15) is 0 Å². The molecule has 0 aliphatic rings. The molecule has 0 fully saturated rings. The van der Waals surface area contributed by atoms with Crippen LogP contribution in [0.25, 0.3) is 262 Å². The molecule has 27 rings (SSSR count). The Morgan fingerprint density at radius 2 is 0.328 bits per heavy atom. The Morgan fingerprint density at radius 1 is 0.0746 bits per heavy atom. The molecule has 0 saturated heterocycles. The smallest absolute Gasteiger partial charge is 0.00201 e. The maximum absolute atomic E-state index is 2.43. The average Bonchev–Trinajstić information content (AvgIpc) is 0.732. The van der Waals surface area contributed by atoms with Crippen LogP contribution >= 0.6 is 0 Å². The quantitative estimate of drug-likeness (QED) is 0.120. The topological polar surface area (TPSA) is 0 Å². The average molecular weight is 1700 g/mol. The summed E-state index contributed by atoms with van der Waals surface area (Å²) in [6, 6.07) is 192. The molecule has 0 atom stereocenters. The zero-order valence-electron chi connectivity index (χ0n) is 73.7. The van der Waals surface area contributed by atoms with Crippen molar-refractivity contribution in [3.8, 4) is 111 Å². The molecule has 27 aromatic rings. The minimum Gasteiger partial charge on any atom is -0.0622 e. The van der Waals surface area contributed by atoms with Crippen molar-refractivity contribution in [2.24, 2.45) is 0 Å². The molecule has 0 heterocycles. The Labute approximate surface area is 778 Å². The van der Waals surface area contributed by atoms with Gasteiger partial charge in [0.25, 0.3) is 0 Å². The van der Waals surface area contributed by atoms with E-state index in [2.05, 4.69) is 522 Å². The van der Waals surface area contributed by atoms with E-state index in [0.717, 1.165) is 0 Å². The van der Waals surface area contributed by atoms with E-state index in [-0.39, 0.29) is 0 Å². The molecular weight excluding hydrogens is 1610 g/mol. The lowest BCUT2D eigenvalue weighted by atomic mass is 9.84. The molecule has 0 radical (unpaired) electrons. The van der Waals surface area contributed by atoms with Gasteiger partial charge in [-0.05, 0) is 323 Å². The fourth-order valence-corrected chi connectivity index (χ4v) is 21.4. The van der Waals surface area contributed by atoms with Crippen LogP contribution in [0.4, 0.5) is 0 Å². The number of benzene rings is 27. The summed E-state index contributed by atoms with van der Waals surface area (Å²) in [6.45, 7) is 0. The zero-order chi connectivity index (χ0) is 88.5. The number of hydrogen-bond acceptors (Lipinski definition) is 0. The van der Waals surface area contributed by atoms with Crippen LogP contribution in [0.15, 0.2) is 522 Å². The molecule has 0 spiro atoms. The van der Waals surface area contributed by atoms with Crippen molar-refractivity contribution in [2.45, 2.75) is 0 Å². The Bertz CT molecular complexity index is 9360. The van der Waals surface area contributed by atoms with Crippen molar-refractivity contribution in [1.82, 2.24) is 0 Å². The first kappa shape index (κ1) is 78.8. The summed E-state index contributed by atoms with van der Waals surface area (Å²) in [6.07, 6.45) is 0. The van der Waals surface area contributed by atoms with Crippen LogP contribution < -0.4 is 0 Å². The minimum atomic E-state index is 1.20. The third-order valence-electron chi connectivity index (χ3n) is 27.8. The second-order valence-corrected chi connectivity index (χ2v) is 35.5. The number of rotatable bonds is 10. The summed E-state index contributed by atoms with van der Waals surface area (Å²) >= 11 is 0. The molecule has 622 valence electrons. The van der Waals surface area contributed by atoms with Gasteiger partial charge in [-0.15, -0.1) is 0 Å². The van der Waals surface area contributed by atoms with Crippen LogP contribution in [0.1, 0.15) is 0 Å². The molecule has 0 N–H and O–H groups in total. The van der Waals surface area contributed by atoms with Crippen molar-refractivity contribution in [3.05, 3.63) is 522 Å². The summed E-state index contributed by atoms with van der Waals surface area (Å²) in [4.78, 5) is 0. The summed E-state index contributed by atoms with van der Waals surface area (Å²) in [5.74, 6) is 0. The van der Waals surface area contributed by atoms with E-state index in [4.69, 9.17) is 0 Å². The number of fused-ring (bicyclic) bond motifs is 14. The van der Waals surface area contributed by atoms with Crippen LogP contribution in [-0.4, -0.2) is 0 Å². The SMILES string of the molecule is c1ccc(-c2ccc3c(-c4ccc5ccccc5c4)c4ccccc4c(-c4ccc5ccccc5c4)c3c2)cc1.c1ccc2cc(-c3c4ccccc4c(-c4ccc5ccccc5c4)c4cc(-c5cccc6ccccc56)ccc34)ccc2c1.c1ccc2cc(-c3ccc(-c4cc(-c5cccc6ccccc56)c5cc6ccccc6c(-c6cccc7ccccc67)c5c4)cc3)ccc2c1. The number of hydrogen-bond donors (Lipinski definition) is 0. The summed E-state index contributed by atoms with van der Waals surface area (Å²) < 4.78 is 0. The summed E-state index contributed by atoms with van der Waals surface area (Å²) in [5, 5.41) is 35.4. The van der Waals surface area contributed by atoms with Crippen molar-refractivity contribution in [1.29, 1.82) is 0 Å². The zero-order valence-corrected chi connectivity index (χ0v) is 73.7. The third kappa shape index (κ3) is 14.2. The van der Waals surface area contributed by atoms with Gasteiger partial charge in [0, 0.05) is 0 Å². The molecule has 0 unspecified atom stereocenters. The van der Waals surface area contributed by atoms with Gasteiger partial charge in [-0.2, -0.15) is 0 Å². The van der Waals surface area contributed by atoms with Crippen LogP contribution in [0, 0.1) is 0 Å². The van der Waals surface area contributed by atoms with Crippen molar-refractivity contribution in [2.75, 3.05) is 0 Å². The van der Waals surface area contributed by atoms with E-state index < -0.39 is 0 Å². The van der Waals surface area contributed by atoms with Crippen LogP contribution in [0.5, 0.6) is 0 Å². The lowest BCUT2D eigenvalue weighted by Gasteiger charge is -2.19. The Kier molecular flexibility index (Phi) is 19.7. The first-order valence-electron chi connectivity index (χ1n) is 46.5. The molecule has 0 saturated carbocycles. The highest BCUT2D eigenvalue weighted by Crippen LogP contribution is 2.51. The van der Waals surface area contributed by atoms with Gasteiger partial charge in [-0.1, -0.05) is 461 Å². The van der Waals surface area contributed by atoms with Gasteiger partial charge in [0.1, 0.15) is 0 Å². The van der Waals surface area contributed by atoms with Crippen LogP contribution in [-0.2, 0) is 0 Å². The normalized spacial score (nSPS) is 11.6. The van der Waals surface area contributed by atoms with Gasteiger partial charge in [0.15, 0.2) is 0 Å². The second-order valence-electron chi connectivity index (χ2n) is 35.5. The highest BCUT2D eigenvalue weighted by Gasteiger charge is 2.24. The Balaban J connectivity index is 0.000000108. The molecule has 0 nitrogen and oxygen atoms in total. The van der Waals surface area contributed by atoms with Crippen LogP contribution in [0.3, 0.4) is 0 Å². The minimum absolute atomic E-state index is 1.20. The largest absolute Gasteiger partial charge is 0.0622 e. The molecule has 0 amide bonds. The van der Waals surface area contributed by atoms with Crippen molar-refractivity contribution < 1.29 is 0 Å². The Morgan fingerprint density at radius 3 is 0.769 bits per heavy atom. The van der Waals surface area contributed by atoms with Gasteiger partial charge in [-0.3, -0.25) is 0 Å². The van der Waals surface area contributed by atoms with Crippen LogP contribution in [0.2, 0.25) is 0 Å². The molecule has 27 aromatic carbocycles. The maximum atomic E-state index is 2.43. The molecule has 0 aliphatic heterocycles. The molecule has 0 heteroatoms. The molecule has 0 aromatic heterocycles. The van der Waals surface area contributed by atoms with Gasteiger partial charge in [0.2, 0.25) is 0 Å². The molecule has 0 aliphatic carbocycles. The highest BCUT2D eigenvalue weighted by atomic mass is 14.3. The van der Waals surface area contributed by atoms with E-state index in [1.54, 1.807) is 0 Å². The first-order valence-corrected chi connectivity index (χ1v) is 46.5. The van der Waals surface area contributed by atoms with Crippen molar-refractivity contribution >= 4 is 151 Å². The van der Waals surface area contributed by atoms with Gasteiger partial charge in [-0.25, -0.2) is 0 Å². The third-order valence-corrected chi connectivity index (χ3v) is 27.8. The highest BCUT2D eigenvalue weighted by molar-refractivity contribution is 6.26. The lowest BCUT2D eigenvalue weighted by molar-refractivity contribution is 1.61. The fourth-order valence-electron chi connectivity index (χ4n) is 21.4. The summed E-state index contributed by atoms with van der Waals surface area (Å²) in [7, 11) is 0. The summed E-state index contributed by atoms with van der Waals surface area (Å²) in [5.41, 5.74) is 25.0. The second kappa shape index (κ2) is 33.6. The Hall–Kier alpha value is -17.4. The molecule has 134 heavy (non-hydrogen) atoms. The first-order chi connectivity index (χ1) is 66.4. The van der Waals surface area contributed by atoms with E-state index in [1.807, 2.05) is 0 Å². The standard InChI is InChI=1S/C50H32.C44H28.C40H26/c1-2-14-38-29-39(28-27-33(38)11-1)34-23-25-35(26-24-34)41-31-47(45-21-9-16-36-12-3-6-18-42(36)45)48-30-40-15-5-8-20-44(40)50(49(48)32-41)46-22-10-17-37-13-4-7-19-43(37)46;1-3-13-32-26-35(22-20-29(32)10-1)43-39-17-7-8-18-40(39)44(36-23-21-30-11-2-4-14-33(30)27-36)42-28-34(24-25-41(42)43)38-19-9-15-31-12-5-6-16-37(31)38;1-2-10-27(11-3-1)32-22-23-37-38(26-32)40(34-21-19-29-13-5-7-15-31(29)25-34)36-17-9-8-16-35(36)39(37)33-20-18-28-12-4-6-14-30(28)24-33/h1-32H;1-28H;1-26H. The van der Waals surface area contributed by atoms with Gasteiger partial charge in [0.05, 0.1) is 0 Å². The predicted octanol–water partition coefficient (Wildman–Crippen LogP) is 37.9. The van der Waals surface area contributed by atoms with E-state index in [1.165, 1.54) is 262 Å². The van der Waals surface area contributed by atoms with E-state index >= 15 is 0 Å². The molecule has 0 bridgehead atoms. The van der Waals surface area contributed by atoms with Gasteiger partial charge < -0.3 is 0 Å². The van der Waals surface area contributed by atoms with E-state index in [0.29, 0.717) is 0 Å². The maximum Gasteiger partial charge on any atom is -0.00201 e. The predicted molar refractivity (Wildman–Crippen MR) is 579 cm³/mol.